The van der Waals surface area contributed by atoms with Crippen LogP contribution in [0.3, 0.4) is 0 Å². The molecule has 0 aromatic heterocycles. The van der Waals surface area contributed by atoms with Crippen LogP contribution >= 0.6 is 0 Å². The number of hydrogen-bond acceptors (Lipinski definition) is 1. The Morgan fingerprint density at radius 2 is 0.971 bits per heavy atom. The third-order valence-electron chi connectivity index (χ3n) is 7.08. The molecule has 1 nitrogen and oxygen atoms in total. The zero-order chi connectivity index (χ0) is 23.1. The van der Waals surface area contributed by atoms with Crippen LogP contribution in [0.15, 0.2) is 121 Å². The van der Waals surface area contributed by atoms with E-state index in [1.807, 2.05) is 0 Å². The Morgan fingerprint density at radius 1 is 0.441 bits per heavy atom. The maximum Gasteiger partial charge on any atom is 0.0387 e. The molecule has 0 fully saturated rings. The van der Waals surface area contributed by atoms with Crippen LogP contribution in [0, 0.1) is 0 Å². The lowest BCUT2D eigenvalue weighted by molar-refractivity contribution is 0.660. The minimum atomic E-state index is 0.00855. The molecule has 34 heavy (non-hydrogen) atoms. The Balaban J connectivity index is 1.29. The van der Waals surface area contributed by atoms with E-state index in [1.165, 1.54) is 44.5 Å². The molecule has 0 bridgehead atoms. The lowest BCUT2D eigenvalue weighted by atomic mass is 9.82. The molecule has 0 aliphatic heterocycles. The molecule has 0 unspecified atom stereocenters. The van der Waals surface area contributed by atoms with Gasteiger partial charge in [-0.15, -0.1) is 0 Å². The number of rotatable bonds is 4. The fourth-order valence-corrected chi connectivity index (χ4v) is 5.29. The van der Waals surface area contributed by atoms with Crippen LogP contribution in [0.4, 0.5) is 11.4 Å². The maximum absolute atomic E-state index is 3.62. The molecule has 0 spiro atoms. The lowest BCUT2D eigenvalue weighted by Crippen LogP contribution is -2.15. The molecule has 164 valence electrons. The smallest absolute Gasteiger partial charge is 0.0387 e. The summed E-state index contributed by atoms with van der Waals surface area (Å²) in [5.41, 5.74) is 12.7. The van der Waals surface area contributed by atoms with Gasteiger partial charge in [0, 0.05) is 16.8 Å². The van der Waals surface area contributed by atoms with Gasteiger partial charge in [-0.25, -0.2) is 0 Å². The van der Waals surface area contributed by atoms with Gasteiger partial charge in [0.15, 0.2) is 0 Å². The molecule has 0 amide bonds. The third kappa shape index (κ3) is 3.41. The van der Waals surface area contributed by atoms with Crippen LogP contribution in [0.5, 0.6) is 0 Å². The van der Waals surface area contributed by atoms with Crippen LogP contribution in [-0.4, -0.2) is 0 Å². The lowest BCUT2D eigenvalue weighted by Gasteiger charge is -2.22. The summed E-state index contributed by atoms with van der Waals surface area (Å²) in [7, 11) is 0. The molecular formula is C33H27N. The summed E-state index contributed by atoms with van der Waals surface area (Å²) >= 11 is 0. The summed E-state index contributed by atoms with van der Waals surface area (Å²) in [6.07, 6.45) is 0. The Morgan fingerprint density at radius 3 is 1.68 bits per heavy atom. The van der Waals surface area contributed by atoms with Gasteiger partial charge in [-0.2, -0.15) is 0 Å². The first kappa shape index (κ1) is 20.5. The van der Waals surface area contributed by atoms with Crippen LogP contribution in [0.25, 0.3) is 33.4 Å². The molecule has 0 saturated carbocycles. The molecule has 1 N–H and O–H groups in total. The number of hydrogen-bond donors (Lipinski definition) is 1. The number of benzene rings is 5. The van der Waals surface area contributed by atoms with E-state index >= 15 is 0 Å². The molecule has 6 rings (SSSR count). The monoisotopic (exact) mass is 437 g/mol. The van der Waals surface area contributed by atoms with Crippen molar-refractivity contribution in [3.05, 3.63) is 132 Å². The van der Waals surface area contributed by atoms with E-state index < -0.39 is 0 Å². The normalized spacial score (nSPS) is 13.2. The fraction of sp³-hybridized carbons (Fsp3) is 0.0909. The van der Waals surface area contributed by atoms with E-state index in [-0.39, 0.29) is 5.41 Å². The number of anilines is 2. The van der Waals surface area contributed by atoms with E-state index in [9.17, 15) is 0 Å². The summed E-state index contributed by atoms with van der Waals surface area (Å²) in [6, 6.07) is 43.5. The van der Waals surface area contributed by atoms with E-state index in [0.717, 1.165) is 11.4 Å². The van der Waals surface area contributed by atoms with Gasteiger partial charge in [0.2, 0.25) is 0 Å². The largest absolute Gasteiger partial charge is 0.356 e. The zero-order valence-electron chi connectivity index (χ0n) is 19.5. The van der Waals surface area contributed by atoms with E-state index in [2.05, 4.69) is 140 Å². The summed E-state index contributed by atoms with van der Waals surface area (Å²) in [4.78, 5) is 0. The Labute approximate surface area is 201 Å². The number of fused-ring (bicyclic) bond motifs is 3. The van der Waals surface area contributed by atoms with Gasteiger partial charge in [0.1, 0.15) is 0 Å². The predicted molar refractivity (Wildman–Crippen MR) is 145 cm³/mol. The molecule has 0 radical (unpaired) electrons. The standard InChI is InChI=1S/C33H27N/c1-33(2)31-15-9-8-14-29(31)30-21-20-26(22-32(30)33)34-25-18-16-24(17-19-25)28-13-7-6-12-27(28)23-10-4-3-5-11-23/h3-22,34H,1-2H3. The second kappa shape index (κ2) is 8.04. The molecule has 1 heteroatoms. The summed E-state index contributed by atoms with van der Waals surface area (Å²) in [5, 5.41) is 3.62. The van der Waals surface area contributed by atoms with Crippen LogP contribution in [0.1, 0.15) is 25.0 Å². The molecule has 1 aliphatic rings. The van der Waals surface area contributed by atoms with E-state index in [4.69, 9.17) is 0 Å². The van der Waals surface area contributed by atoms with E-state index in [1.54, 1.807) is 0 Å². The van der Waals surface area contributed by atoms with Crippen LogP contribution in [0.2, 0.25) is 0 Å². The zero-order valence-corrected chi connectivity index (χ0v) is 19.5. The predicted octanol–water partition coefficient (Wildman–Crippen LogP) is 9.07. The minimum Gasteiger partial charge on any atom is -0.356 e. The molecule has 5 aromatic rings. The van der Waals surface area contributed by atoms with Crippen molar-refractivity contribution in [3.63, 3.8) is 0 Å². The van der Waals surface area contributed by atoms with Crippen molar-refractivity contribution < 1.29 is 0 Å². The van der Waals surface area contributed by atoms with Gasteiger partial charge >= 0.3 is 0 Å². The van der Waals surface area contributed by atoms with Crippen LogP contribution < -0.4 is 5.32 Å². The second-order valence-electron chi connectivity index (χ2n) is 9.54. The number of nitrogens with one attached hydrogen (secondary N) is 1. The Kier molecular flexibility index (Phi) is 4.85. The average Bonchev–Trinajstić information content (AvgIpc) is 3.12. The fourth-order valence-electron chi connectivity index (χ4n) is 5.29. The molecule has 0 saturated heterocycles. The highest BCUT2D eigenvalue weighted by Gasteiger charge is 2.35. The van der Waals surface area contributed by atoms with E-state index in [0.29, 0.717) is 0 Å². The third-order valence-corrected chi connectivity index (χ3v) is 7.08. The quantitative estimate of drug-likeness (QED) is 0.296. The Hall–Kier alpha value is -4.10. The van der Waals surface area contributed by atoms with Gasteiger partial charge in [0.05, 0.1) is 0 Å². The van der Waals surface area contributed by atoms with Crippen molar-refractivity contribution in [2.45, 2.75) is 19.3 Å². The van der Waals surface area contributed by atoms with Crippen molar-refractivity contribution >= 4 is 11.4 Å². The summed E-state index contributed by atoms with van der Waals surface area (Å²) in [6.45, 7) is 4.64. The van der Waals surface area contributed by atoms with Gasteiger partial charge in [-0.3, -0.25) is 0 Å². The first-order chi connectivity index (χ1) is 16.6. The van der Waals surface area contributed by atoms with Crippen molar-refractivity contribution in [2.24, 2.45) is 0 Å². The van der Waals surface area contributed by atoms with Gasteiger partial charge < -0.3 is 5.32 Å². The molecule has 5 aromatic carbocycles. The van der Waals surface area contributed by atoms with Crippen molar-refractivity contribution in [3.8, 4) is 33.4 Å². The van der Waals surface area contributed by atoms with Gasteiger partial charge in [-0.1, -0.05) is 111 Å². The highest BCUT2D eigenvalue weighted by molar-refractivity contribution is 5.85. The highest BCUT2D eigenvalue weighted by Crippen LogP contribution is 2.49. The Bertz CT molecular complexity index is 1480. The van der Waals surface area contributed by atoms with Crippen molar-refractivity contribution in [1.82, 2.24) is 0 Å². The first-order valence-corrected chi connectivity index (χ1v) is 11.9. The van der Waals surface area contributed by atoms with Crippen molar-refractivity contribution in [1.29, 1.82) is 0 Å². The highest BCUT2D eigenvalue weighted by atomic mass is 14.9. The summed E-state index contributed by atoms with van der Waals surface area (Å²) < 4.78 is 0. The topological polar surface area (TPSA) is 12.0 Å². The summed E-state index contributed by atoms with van der Waals surface area (Å²) in [5.74, 6) is 0. The van der Waals surface area contributed by atoms with Crippen LogP contribution in [-0.2, 0) is 5.41 Å². The molecular weight excluding hydrogens is 410 g/mol. The second-order valence-corrected chi connectivity index (χ2v) is 9.54. The molecule has 1 aliphatic carbocycles. The maximum atomic E-state index is 3.62. The SMILES string of the molecule is CC1(C)c2ccccc2-c2ccc(Nc3ccc(-c4ccccc4-c4ccccc4)cc3)cc21. The minimum absolute atomic E-state index is 0.00855. The van der Waals surface area contributed by atoms with Crippen molar-refractivity contribution in [2.75, 3.05) is 5.32 Å². The molecule has 0 heterocycles. The first-order valence-electron chi connectivity index (χ1n) is 11.9. The van der Waals surface area contributed by atoms with Gasteiger partial charge in [-0.05, 0) is 68.8 Å². The van der Waals surface area contributed by atoms with Gasteiger partial charge in [0.25, 0.3) is 0 Å². The molecule has 0 atom stereocenters. The average molecular weight is 438 g/mol.